The van der Waals surface area contributed by atoms with Crippen LogP contribution in [-0.4, -0.2) is 11.8 Å². The number of benzene rings is 1. The number of carbonyl (C=O) groups excluding carboxylic acids is 2. The van der Waals surface area contributed by atoms with Crippen LogP contribution in [0.1, 0.15) is 22.8 Å². The minimum atomic E-state index is -0.575. The van der Waals surface area contributed by atoms with Crippen molar-refractivity contribution in [2.75, 3.05) is 0 Å². The lowest BCUT2D eigenvalue weighted by Crippen LogP contribution is -2.28. The van der Waals surface area contributed by atoms with Crippen LogP contribution in [0.5, 0.6) is 0 Å². The standard InChI is InChI=1S/C10H10FNO2/c1-6-8(4-3-5-9(6)11)10(14)12-7(2)13/h3-5H,1-2H3,(H,12,13,14). The second-order valence-corrected chi connectivity index (χ2v) is 2.92. The second-order valence-electron chi connectivity index (χ2n) is 2.92. The summed E-state index contributed by atoms with van der Waals surface area (Å²) in [5.74, 6) is -1.49. The molecule has 0 heterocycles. The topological polar surface area (TPSA) is 46.2 Å². The van der Waals surface area contributed by atoms with Crippen LogP contribution in [-0.2, 0) is 4.79 Å². The smallest absolute Gasteiger partial charge is 0.258 e. The van der Waals surface area contributed by atoms with E-state index < -0.39 is 17.6 Å². The fourth-order valence-electron chi connectivity index (χ4n) is 1.08. The summed E-state index contributed by atoms with van der Waals surface area (Å²) in [5, 5.41) is 2.08. The lowest BCUT2D eigenvalue weighted by Gasteiger charge is -2.04. The van der Waals surface area contributed by atoms with E-state index in [1.165, 1.54) is 32.0 Å². The number of rotatable bonds is 1. The van der Waals surface area contributed by atoms with Crippen LogP contribution in [0.15, 0.2) is 18.2 Å². The summed E-state index contributed by atoms with van der Waals surface area (Å²) in [6, 6.07) is 4.16. The molecule has 0 aliphatic carbocycles. The van der Waals surface area contributed by atoms with Gasteiger partial charge in [0.2, 0.25) is 5.91 Å². The van der Waals surface area contributed by atoms with Crippen molar-refractivity contribution >= 4 is 11.8 Å². The molecule has 3 nitrogen and oxygen atoms in total. The number of amides is 2. The molecule has 1 aromatic rings. The van der Waals surface area contributed by atoms with Gasteiger partial charge in [-0.3, -0.25) is 14.9 Å². The van der Waals surface area contributed by atoms with E-state index in [2.05, 4.69) is 5.32 Å². The summed E-state index contributed by atoms with van der Waals surface area (Å²) >= 11 is 0. The van der Waals surface area contributed by atoms with E-state index in [1.807, 2.05) is 0 Å². The number of hydrogen-bond acceptors (Lipinski definition) is 2. The van der Waals surface area contributed by atoms with E-state index in [0.717, 1.165) is 0 Å². The Labute approximate surface area is 80.9 Å². The molecule has 1 N–H and O–H groups in total. The quantitative estimate of drug-likeness (QED) is 0.736. The molecule has 0 saturated carbocycles. The van der Waals surface area contributed by atoms with Gasteiger partial charge in [0.1, 0.15) is 5.82 Å². The molecule has 0 fully saturated rings. The van der Waals surface area contributed by atoms with Gasteiger partial charge in [-0.15, -0.1) is 0 Å². The van der Waals surface area contributed by atoms with E-state index >= 15 is 0 Å². The van der Waals surface area contributed by atoms with Crippen LogP contribution >= 0.6 is 0 Å². The van der Waals surface area contributed by atoms with E-state index in [-0.39, 0.29) is 11.1 Å². The minimum absolute atomic E-state index is 0.181. The first-order chi connectivity index (χ1) is 6.52. The van der Waals surface area contributed by atoms with Crippen molar-refractivity contribution in [3.05, 3.63) is 35.1 Å². The Hall–Kier alpha value is -1.71. The maximum atomic E-state index is 13.0. The maximum Gasteiger partial charge on any atom is 0.258 e. The van der Waals surface area contributed by atoms with E-state index in [1.54, 1.807) is 0 Å². The Morgan fingerprint density at radius 2 is 2.00 bits per heavy atom. The molecular formula is C10H10FNO2. The molecule has 0 radical (unpaired) electrons. The summed E-state index contributed by atoms with van der Waals surface area (Å²) in [5.41, 5.74) is 0.423. The van der Waals surface area contributed by atoms with Crippen molar-refractivity contribution < 1.29 is 14.0 Å². The number of nitrogens with one attached hydrogen (secondary N) is 1. The van der Waals surface area contributed by atoms with E-state index in [9.17, 15) is 14.0 Å². The van der Waals surface area contributed by atoms with Gasteiger partial charge in [-0.25, -0.2) is 4.39 Å². The monoisotopic (exact) mass is 195 g/mol. The zero-order valence-electron chi connectivity index (χ0n) is 7.93. The first-order valence-electron chi connectivity index (χ1n) is 4.09. The van der Waals surface area contributed by atoms with Crippen molar-refractivity contribution in [2.45, 2.75) is 13.8 Å². The molecule has 0 bridgehead atoms. The summed E-state index contributed by atoms with van der Waals surface area (Å²) in [6.07, 6.45) is 0. The van der Waals surface area contributed by atoms with Crippen LogP contribution in [0.4, 0.5) is 4.39 Å². The molecule has 0 atom stereocenters. The van der Waals surface area contributed by atoms with Gasteiger partial charge in [0.15, 0.2) is 0 Å². The third-order valence-corrected chi connectivity index (χ3v) is 1.80. The van der Waals surface area contributed by atoms with Gasteiger partial charge >= 0.3 is 0 Å². The lowest BCUT2D eigenvalue weighted by molar-refractivity contribution is -0.118. The molecule has 0 aliphatic heterocycles. The van der Waals surface area contributed by atoms with Gasteiger partial charge < -0.3 is 0 Å². The molecule has 74 valence electrons. The van der Waals surface area contributed by atoms with Gasteiger partial charge in [-0.1, -0.05) is 6.07 Å². The highest BCUT2D eigenvalue weighted by molar-refractivity contribution is 6.04. The van der Waals surface area contributed by atoms with Crippen molar-refractivity contribution in [1.82, 2.24) is 5.32 Å². The van der Waals surface area contributed by atoms with Crippen LogP contribution in [0.2, 0.25) is 0 Å². The number of hydrogen-bond donors (Lipinski definition) is 1. The van der Waals surface area contributed by atoms with Gasteiger partial charge in [0.25, 0.3) is 5.91 Å². The largest absolute Gasteiger partial charge is 0.293 e. The fourth-order valence-corrected chi connectivity index (χ4v) is 1.08. The summed E-state index contributed by atoms with van der Waals surface area (Å²) in [7, 11) is 0. The summed E-state index contributed by atoms with van der Waals surface area (Å²) in [4.78, 5) is 21.9. The number of imide groups is 1. The highest BCUT2D eigenvalue weighted by Gasteiger charge is 2.12. The molecule has 0 spiro atoms. The highest BCUT2D eigenvalue weighted by Crippen LogP contribution is 2.11. The van der Waals surface area contributed by atoms with Crippen molar-refractivity contribution in [2.24, 2.45) is 0 Å². The van der Waals surface area contributed by atoms with Gasteiger partial charge in [0, 0.05) is 12.5 Å². The SMILES string of the molecule is CC(=O)NC(=O)c1cccc(F)c1C. The van der Waals surface area contributed by atoms with Gasteiger partial charge in [-0.05, 0) is 24.6 Å². The maximum absolute atomic E-state index is 13.0. The third kappa shape index (κ3) is 2.16. The lowest BCUT2D eigenvalue weighted by atomic mass is 10.1. The van der Waals surface area contributed by atoms with E-state index in [4.69, 9.17) is 0 Å². The Kier molecular flexibility index (Phi) is 2.96. The van der Waals surface area contributed by atoms with Crippen molar-refractivity contribution in [3.8, 4) is 0 Å². The Morgan fingerprint density at radius 3 is 2.57 bits per heavy atom. The molecule has 14 heavy (non-hydrogen) atoms. The molecule has 1 rings (SSSR count). The van der Waals surface area contributed by atoms with Crippen LogP contribution in [0.25, 0.3) is 0 Å². The zero-order chi connectivity index (χ0) is 10.7. The molecule has 2 amide bonds. The molecule has 0 unspecified atom stereocenters. The summed E-state index contributed by atoms with van der Waals surface area (Å²) in [6.45, 7) is 2.72. The normalized spacial score (nSPS) is 9.64. The molecular weight excluding hydrogens is 185 g/mol. The van der Waals surface area contributed by atoms with Crippen molar-refractivity contribution in [3.63, 3.8) is 0 Å². The zero-order valence-corrected chi connectivity index (χ0v) is 7.93. The Balaban J connectivity index is 3.01. The minimum Gasteiger partial charge on any atom is -0.293 e. The average molecular weight is 195 g/mol. The number of halogens is 1. The molecule has 0 aromatic heterocycles. The van der Waals surface area contributed by atoms with Crippen LogP contribution in [0.3, 0.4) is 0 Å². The molecule has 1 aromatic carbocycles. The molecule has 0 saturated heterocycles. The first kappa shape index (κ1) is 10.4. The second kappa shape index (κ2) is 4.00. The summed E-state index contributed by atoms with van der Waals surface area (Å²) < 4.78 is 13.0. The first-order valence-corrected chi connectivity index (χ1v) is 4.09. The van der Waals surface area contributed by atoms with Crippen LogP contribution < -0.4 is 5.32 Å². The molecule has 0 aliphatic rings. The Bertz CT molecular complexity index is 388. The van der Waals surface area contributed by atoms with Crippen molar-refractivity contribution in [1.29, 1.82) is 0 Å². The van der Waals surface area contributed by atoms with E-state index in [0.29, 0.717) is 0 Å². The predicted molar refractivity (Wildman–Crippen MR) is 49.3 cm³/mol. The number of carbonyl (C=O) groups is 2. The average Bonchev–Trinajstić information content (AvgIpc) is 2.08. The van der Waals surface area contributed by atoms with Gasteiger partial charge in [-0.2, -0.15) is 0 Å². The van der Waals surface area contributed by atoms with Gasteiger partial charge in [0.05, 0.1) is 0 Å². The fraction of sp³-hybridized carbons (Fsp3) is 0.200. The third-order valence-electron chi connectivity index (χ3n) is 1.80. The highest BCUT2D eigenvalue weighted by atomic mass is 19.1. The Morgan fingerprint density at radius 1 is 1.36 bits per heavy atom. The predicted octanol–water partition coefficient (Wildman–Crippen LogP) is 1.41. The molecule has 4 heteroatoms. The van der Waals surface area contributed by atoms with Crippen LogP contribution in [0, 0.1) is 12.7 Å².